The minimum absolute atomic E-state index is 0.0103. The summed E-state index contributed by atoms with van der Waals surface area (Å²) >= 11 is 11.5. The first-order valence-electron chi connectivity index (χ1n) is 5.76. The van der Waals surface area contributed by atoms with E-state index < -0.39 is 15.8 Å². The van der Waals surface area contributed by atoms with Crippen molar-refractivity contribution in [3.05, 3.63) is 28.0 Å². The van der Waals surface area contributed by atoms with Crippen LogP contribution in [0.3, 0.4) is 0 Å². The molecule has 1 aliphatic rings. The quantitative estimate of drug-likeness (QED) is 0.844. The van der Waals surface area contributed by atoms with E-state index >= 15 is 0 Å². The fourth-order valence-corrected chi connectivity index (χ4v) is 3.22. The first-order chi connectivity index (χ1) is 8.87. The van der Waals surface area contributed by atoms with Crippen LogP contribution in [0.15, 0.2) is 12.1 Å². The maximum absolute atomic E-state index is 13.0. The van der Waals surface area contributed by atoms with Crippen LogP contribution in [0.1, 0.15) is 12.8 Å². The molecule has 0 aromatic heterocycles. The van der Waals surface area contributed by atoms with E-state index in [4.69, 9.17) is 23.2 Å². The van der Waals surface area contributed by atoms with E-state index in [1.165, 1.54) is 0 Å². The van der Waals surface area contributed by atoms with Gasteiger partial charge < -0.3 is 5.32 Å². The lowest BCUT2D eigenvalue weighted by Gasteiger charge is -2.11. The number of rotatable bonds is 6. The number of anilines is 1. The molecule has 2 rings (SSSR count). The number of sulfonamides is 1. The molecule has 0 atom stereocenters. The molecule has 1 aromatic rings. The minimum Gasteiger partial charge on any atom is -0.313 e. The van der Waals surface area contributed by atoms with Crippen LogP contribution in [0.5, 0.6) is 0 Å². The summed E-state index contributed by atoms with van der Waals surface area (Å²) in [6, 6.07) is 2.45. The molecule has 1 saturated carbocycles. The van der Waals surface area contributed by atoms with Crippen molar-refractivity contribution in [2.75, 3.05) is 17.0 Å². The molecule has 0 spiro atoms. The van der Waals surface area contributed by atoms with Crippen LogP contribution in [-0.2, 0) is 10.0 Å². The summed E-state index contributed by atoms with van der Waals surface area (Å²) in [5.41, 5.74) is 0.0103. The van der Waals surface area contributed by atoms with Gasteiger partial charge in [0.25, 0.3) is 0 Å². The van der Waals surface area contributed by atoms with Crippen LogP contribution in [-0.4, -0.2) is 26.8 Å². The molecule has 106 valence electrons. The zero-order chi connectivity index (χ0) is 14.0. The van der Waals surface area contributed by atoms with Gasteiger partial charge in [-0.15, -0.1) is 0 Å². The Kier molecular flexibility index (Phi) is 4.55. The van der Waals surface area contributed by atoms with Crippen molar-refractivity contribution in [1.82, 2.24) is 5.32 Å². The van der Waals surface area contributed by atoms with Crippen LogP contribution < -0.4 is 10.0 Å². The summed E-state index contributed by atoms with van der Waals surface area (Å²) in [7, 11) is -3.56. The molecule has 1 aliphatic carbocycles. The van der Waals surface area contributed by atoms with Gasteiger partial charge in [-0.05, 0) is 25.0 Å². The molecule has 0 radical (unpaired) electrons. The van der Waals surface area contributed by atoms with Gasteiger partial charge in [-0.25, -0.2) is 12.8 Å². The minimum atomic E-state index is -3.56. The SMILES string of the molecule is O=S(=O)(CCNC1CC1)Nc1c(Cl)cc(F)cc1Cl. The molecular weight excluding hydrogens is 314 g/mol. The summed E-state index contributed by atoms with van der Waals surface area (Å²) in [5.74, 6) is -0.707. The van der Waals surface area contributed by atoms with Gasteiger partial charge in [-0.2, -0.15) is 0 Å². The predicted octanol–water partition coefficient (Wildman–Crippen LogP) is 2.63. The maximum Gasteiger partial charge on any atom is 0.234 e. The Morgan fingerprint density at radius 3 is 2.37 bits per heavy atom. The Hall–Kier alpha value is -0.560. The van der Waals surface area contributed by atoms with Crippen molar-refractivity contribution in [1.29, 1.82) is 0 Å². The molecule has 0 unspecified atom stereocenters. The molecule has 1 aromatic carbocycles. The molecule has 2 N–H and O–H groups in total. The van der Waals surface area contributed by atoms with Gasteiger partial charge in [0.15, 0.2) is 0 Å². The third kappa shape index (κ3) is 4.49. The van der Waals surface area contributed by atoms with Gasteiger partial charge in [-0.3, -0.25) is 4.72 Å². The highest BCUT2D eigenvalue weighted by atomic mass is 35.5. The molecule has 0 bridgehead atoms. The standard InChI is InChI=1S/C11H13Cl2FN2O2S/c12-9-5-7(14)6-10(13)11(9)16-19(17,18)4-3-15-8-1-2-8/h5-6,8,15-16H,1-4H2. The fourth-order valence-electron chi connectivity index (χ4n) is 1.53. The van der Waals surface area contributed by atoms with Gasteiger partial charge >= 0.3 is 0 Å². The highest BCUT2D eigenvalue weighted by molar-refractivity contribution is 7.92. The van der Waals surface area contributed by atoms with Gasteiger partial charge in [0.1, 0.15) is 5.82 Å². The Morgan fingerprint density at radius 2 is 1.84 bits per heavy atom. The van der Waals surface area contributed by atoms with Crippen LogP contribution in [0.4, 0.5) is 10.1 Å². The van der Waals surface area contributed by atoms with Gasteiger partial charge in [0.05, 0.1) is 21.5 Å². The average Bonchev–Trinajstić information content (AvgIpc) is 3.07. The highest BCUT2D eigenvalue weighted by Gasteiger charge is 2.22. The monoisotopic (exact) mass is 326 g/mol. The van der Waals surface area contributed by atoms with E-state index in [2.05, 4.69) is 10.0 Å². The number of hydrogen-bond donors (Lipinski definition) is 2. The average molecular weight is 327 g/mol. The zero-order valence-electron chi connectivity index (χ0n) is 9.92. The van der Waals surface area contributed by atoms with Gasteiger partial charge in [0, 0.05) is 12.6 Å². The maximum atomic E-state index is 13.0. The number of halogens is 3. The van der Waals surface area contributed by atoms with Crippen LogP contribution in [0.25, 0.3) is 0 Å². The number of benzene rings is 1. The third-order valence-corrected chi connectivity index (χ3v) is 4.50. The molecule has 4 nitrogen and oxygen atoms in total. The zero-order valence-corrected chi connectivity index (χ0v) is 12.2. The molecule has 0 saturated heterocycles. The van der Waals surface area contributed by atoms with E-state index in [-0.39, 0.29) is 21.5 Å². The van der Waals surface area contributed by atoms with E-state index in [1.54, 1.807) is 0 Å². The summed E-state index contributed by atoms with van der Waals surface area (Å²) < 4.78 is 38.9. The van der Waals surface area contributed by atoms with E-state index in [9.17, 15) is 12.8 Å². The first kappa shape index (κ1) is 14.8. The smallest absolute Gasteiger partial charge is 0.234 e. The Bertz CT molecular complexity index is 553. The van der Waals surface area contributed by atoms with Crippen molar-refractivity contribution in [3.8, 4) is 0 Å². The molecule has 0 heterocycles. The van der Waals surface area contributed by atoms with E-state index in [0.717, 1.165) is 25.0 Å². The van der Waals surface area contributed by atoms with Crippen molar-refractivity contribution in [2.24, 2.45) is 0 Å². The second kappa shape index (κ2) is 5.83. The van der Waals surface area contributed by atoms with Crippen molar-refractivity contribution in [3.63, 3.8) is 0 Å². The summed E-state index contributed by atoms with van der Waals surface area (Å²) in [4.78, 5) is 0. The lowest BCUT2D eigenvalue weighted by Crippen LogP contribution is -2.28. The normalized spacial score (nSPS) is 15.5. The number of hydrogen-bond acceptors (Lipinski definition) is 3. The summed E-state index contributed by atoms with van der Waals surface area (Å²) in [5, 5.41) is 2.96. The third-order valence-electron chi connectivity index (χ3n) is 2.65. The Labute approximate surface area is 121 Å². The molecule has 19 heavy (non-hydrogen) atoms. The molecule has 0 aliphatic heterocycles. The number of nitrogens with one attached hydrogen (secondary N) is 2. The van der Waals surface area contributed by atoms with E-state index in [0.29, 0.717) is 12.6 Å². The second-order valence-electron chi connectivity index (χ2n) is 4.39. The van der Waals surface area contributed by atoms with Gasteiger partial charge in [0.2, 0.25) is 10.0 Å². The summed E-state index contributed by atoms with van der Waals surface area (Å²) in [6.07, 6.45) is 2.17. The topological polar surface area (TPSA) is 58.2 Å². The highest BCUT2D eigenvalue weighted by Crippen LogP contribution is 2.32. The lowest BCUT2D eigenvalue weighted by molar-refractivity contribution is 0.595. The Morgan fingerprint density at radius 1 is 1.26 bits per heavy atom. The molecular formula is C11H13Cl2FN2O2S. The lowest BCUT2D eigenvalue weighted by atomic mass is 10.3. The largest absolute Gasteiger partial charge is 0.313 e. The van der Waals surface area contributed by atoms with Crippen molar-refractivity contribution >= 4 is 38.9 Å². The molecule has 0 amide bonds. The summed E-state index contributed by atoms with van der Waals surface area (Å²) in [6.45, 7) is 0.358. The second-order valence-corrected chi connectivity index (χ2v) is 7.05. The van der Waals surface area contributed by atoms with E-state index in [1.807, 2.05) is 0 Å². The molecule has 8 heteroatoms. The molecule has 1 fully saturated rings. The van der Waals surface area contributed by atoms with Crippen LogP contribution in [0.2, 0.25) is 10.0 Å². The van der Waals surface area contributed by atoms with Crippen LogP contribution in [0, 0.1) is 5.82 Å². The van der Waals surface area contributed by atoms with Crippen molar-refractivity contribution in [2.45, 2.75) is 18.9 Å². The van der Waals surface area contributed by atoms with Crippen LogP contribution >= 0.6 is 23.2 Å². The van der Waals surface area contributed by atoms with Gasteiger partial charge in [-0.1, -0.05) is 23.2 Å². The fraction of sp³-hybridized carbons (Fsp3) is 0.455. The Balaban J connectivity index is 2.02. The predicted molar refractivity (Wildman–Crippen MR) is 74.9 cm³/mol. The first-order valence-corrected chi connectivity index (χ1v) is 8.16. The van der Waals surface area contributed by atoms with Crippen molar-refractivity contribution < 1.29 is 12.8 Å².